The van der Waals surface area contributed by atoms with Crippen LogP contribution in [-0.2, 0) is 0 Å². The van der Waals surface area contributed by atoms with Gasteiger partial charge in [-0.05, 0) is 41.5 Å². The van der Waals surface area contributed by atoms with Crippen LogP contribution in [-0.4, -0.2) is 17.0 Å². The molecule has 0 aliphatic heterocycles. The zero-order chi connectivity index (χ0) is 20.1. The highest BCUT2D eigenvalue weighted by molar-refractivity contribution is 6.05. The maximum Gasteiger partial charge on any atom is 0.335 e. The summed E-state index contributed by atoms with van der Waals surface area (Å²) in [5.41, 5.74) is 1.98. The summed E-state index contributed by atoms with van der Waals surface area (Å²) < 4.78 is 26.7. The van der Waals surface area contributed by atoms with Gasteiger partial charge < -0.3 is 10.4 Å². The summed E-state index contributed by atoms with van der Waals surface area (Å²) in [5, 5.41) is 11.6. The molecule has 140 valence electrons. The van der Waals surface area contributed by atoms with Crippen molar-refractivity contribution < 1.29 is 23.5 Å². The molecule has 0 aliphatic rings. The summed E-state index contributed by atoms with van der Waals surface area (Å²) in [6.45, 7) is 0. The van der Waals surface area contributed by atoms with Crippen LogP contribution in [0.25, 0.3) is 12.2 Å². The van der Waals surface area contributed by atoms with Crippen molar-refractivity contribution in [3.8, 4) is 0 Å². The Hall–Kier alpha value is -3.80. The van der Waals surface area contributed by atoms with Crippen molar-refractivity contribution in [2.24, 2.45) is 0 Å². The second-order valence-electron chi connectivity index (χ2n) is 5.96. The van der Waals surface area contributed by atoms with Gasteiger partial charge in [-0.25, -0.2) is 13.6 Å². The van der Waals surface area contributed by atoms with E-state index in [1.807, 2.05) is 0 Å². The SMILES string of the molecule is O=C(O)c1ccc(C=Cc2ccccc2NC(=O)c2cc(F)cc(F)c2)cc1. The number of hydrogen-bond acceptors (Lipinski definition) is 2. The first-order chi connectivity index (χ1) is 13.4. The fourth-order valence-corrected chi connectivity index (χ4v) is 2.56. The zero-order valence-electron chi connectivity index (χ0n) is 14.5. The summed E-state index contributed by atoms with van der Waals surface area (Å²) >= 11 is 0. The van der Waals surface area contributed by atoms with Crippen LogP contribution in [0.4, 0.5) is 14.5 Å². The molecule has 0 saturated carbocycles. The lowest BCUT2D eigenvalue weighted by Gasteiger charge is -2.09. The molecule has 6 heteroatoms. The van der Waals surface area contributed by atoms with Crippen LogP contribution in [0.5, 0.6) is 0 Å². The van der Waals surface area contributed by atoms with E-state index in [1.54, 1.807) is 48.6 Å². The molecule has 28 heavy (non-hydrogen) atoms. The van der Waals surface area contributed by atoms with Crippen LogP contribution in [0.2, 0.25) is 0 Å². The van der Waals surface area contributed by atoms with Gasteiger partial charge in [0.25, 0.3) is 5.91 Å². The number of carbonyl (C=O) groups excluding carboxylic acids is 1. The number of aromatic carboxylic acids is 1. The lowest BCUT2D eigenvalue weighted by molar-refractivity contribution is 0.0696. The normalized spacial score (nSPS) is 10.8. The molecule has 3 aromatic rings. The number of rotatable bonds is 5. The Kier molecular flexibility index (Phi) is 5.60. The number of para-hydroxylation sites is 1. The third-order valence-corrected chi connectivity index (χ3v) is 3.95. The first kappa shape index (κ1) is 19.0. The molecule has 2 N–H and O–H groups in total. The largest absolute Gasteiger partial charge is 0.478 e. The van der Waals surface area contributed by atoms with E-state index in [4.69, 9.17) is 5.11 Å². The summed E-state index contributed by atoms with van der Waals surface area (Å²) in [6, 6.07) is 15.9. The van der Waals surface area contributed by atoms with Crippen molar-refractivity contribution in [1.29, 1.82) is 0 Å². The van der Waals surface area contributed by atoms with Crippen LogP contribution in [0.3, 0.4) is 0 Å². The average molecular weight is 379 g/mol. The molecule has 1 amide bonds. The molecule has 0 unspecified atom stereocenters. The molecule has 3 aromatic carbocycles. The average Bonchev–Trinajstić information content (AvgIpc) is 2.67. The minimum Gasteiger partial charge on any atom is -0.478 e. The smallest absolute Gasteiger partial charge is 0.335 e. The fourth-order valence-electron chi connectivity index (χ4n) is 2.56. The van der Waals surface area contributed by atoms with E-state index in [-0.39, 0.29) is 11.1 Å². The van der Waals surface area contributed by atoms with Crippen LogP contribution >= 0.6 is 0 Å². The summed E-state index contributed by atoms with van der Waals surface area (Å²) in [5.74, 6) is -3.30. The van der Waals surface area contributed by atoms with Crippen molar-refractivity contribution >= 4 is 29.7 Å². The van der Waals surface area contributed by atoms with E-state index < -0.39 is 23.5 Å². The van der Waals surface area contributed by atoms with Crippen LogP contribution in [0.15, 0.2) is 66.7 Å². The Morgan fingerprint density at radius 3 is 2.11 bits per heavy atom. The van der Waals surface area contributed by atoms with Crippen molar-refractivity contribution in [3.63, 3.8) is 0 Å². The fraction of sp³-hybridized carbons (Fsp3) is 0. The molecule has 0 bridgehead atoms. The minimum atomic E-state index is -1.00. The van der Waals surface area contributed by atoms with Gasteiger partial charge in [0.1, 0.15) is 11.6 Å². The Bertz CT molecular complexity index is 1040. The number of nitrogens with one attached hydrogen (secondary N) is 1. The highest BCUT2D eigenvalue weighted by Gasteiger charge is 2.11. The molecule has 0 heterocycles. The van der Waals surface area contributed by atoms with Crippen LogP contribution < -0.4 is 5.32 Å². The van der Waals surface area contributed by atoms with Crippen molar-refractivity contribution in [2.45, 2.75) is 0 Å². The highest BCUT2D eigenvalue weighted by atomic mass is 19.1. The lowest BCUT2D eigenvalue weighted by Crippen LogP contribution is -2.13. The van der Waals surface area contributed by atoms with Gasteiger partial charge in [-0.15, -0.1) is 0 Å². The maximum atomic E-state index is 13.3. The van der Waals surface area contributed by atoms with Gasteiger partial charge in [0.15, 0.2) is 0 Å². The van der Waals surface area contributed by atoms with Crippen LogP contribution in [0.1, 0.15) is 31.8 Å². The molecular formula is C22H15F2NO3. The Morgan fingerprint density at radius 2 is 1.46 bits per heavy atom. The molecule has 0 fully saturated rings. The second-order valence-corrected chi connectivity index (χ2v) is 5.96. The lowest BCUT2D eigenvalue weighted by atomic mass is 10.1. The van der Waals surface area contributed by atoms with E-state index >= 15 is 0 Å². The molecule has 0 radical (unpaired) electrons. The quantitative estimate of drug-likeness (QED) is 0.607. The number of anilines is 1. The number of halogens is 2. The summed E-state index contributed by atoms with van der Waals surface area (Å²) in [6.07, 6.45) is 3.51. The standard InChI is InChI=1S/C22H15F2NO3/c23-18-11-17(12-19(24)13-18)21(26)25-20-4-2-1-3-15(20)8-5-14-6-9-16(10-7-14)22(27)28/h1-13H,(H,25,26)(H,27,28). The molecule has 0 aliphatic carbocycles. The number of benzene rings is 3. The van der Waals surface area contributed by atoms with Gasteiger partial charge in [-0.3, -0.25) is 4.79 Å². The number of hydrogen-bond donors (Lipinski definition) is 2. The maximum absolute atomic E-state index is 13.3. The monoisotopic (exact) mass is 379 g/mol. The third kappa shape index (κ3) is 4.67. The number of amides is 1. The van der Waals surface area contributed by atoms with Gasteiger partial charge in [0.05, 0.1) is 5.56 Å². The number of carboxylic acids is 1. The predicted molar refractivity (Wildman–Crippen MR) is 103 cm³/mol. The summed E-state index contributed by atoms with van der Waals surface area (Å²) in [7, 11) is 0. The molecule has 0 saturated heterocycles. The molecule has 0 aromatic heterocycles. The van der Waals surface area contributed by atoms with Gasteiger partial charge in [0, 0.05) is 17.3 Å². The number of carboxylic acid groups (broad SMARTS) is 1. The molecule has 0 atom stereocenters. The number of carbonyl (C=O) groups is 2. The summed E-state index contributed by atoms with van der Waals surface area (Å²) in [4.78, 5) is 23.2. The van der Waals surface area contributed by atoms with E-state index in [9.17, 15) is 18.4 Å². The predicted octanol–water partition coefficient (Wildman–Crippen LogP) is 5.09. The van der Waals surface area contributed by atoms with Crippen molar-refractivity contribution in [3.05, 3.63) is 101 Å². The van der Waals surface area contributed by atoms with E-state index in [1.165, 1.54) is 12.1 Å². The second kappa shape index (κ2) is 8.26. The van der Waals surface area contributed by atoms with E-state index in [2.05, 4.69) is 5.32 Å². The third-order valence-electron chi connectivity index (χ3n) is 3.95. The van der Waals surface area contributed by atoms with Gasteiger partial charge in [-0.2, -0.15) is 0 Å². The molecule has 3 rings (SSSR count). The Balaban J connectivity index is 1.80. The van der Waals surface area contributed by atoms with Gasteiger partial charge in [0.2, 0.25) is 0 Å². The Labute approximate surface area is 159 Å². The first-order valence-electron chi connectivity index (χ1n) is 8.30. The van der Waals surface area contributed by atoms with E-state index in [0.717, 1.165) is 17.7 Å². The Morgan fingerprint density at radius 1 is 0.821 bits per heavy atom. The molecular weight excluding hydrogens is 364 g/mol. The van der Waals surface area contributed by atoms with E-state index in [0.29, 0.717) is 17.3 Å². The highest BCUT2D eigenvalue weighted by Crippen LogP contribution is 2.20. The topological polar surface area (TPSA) is 66.4 Å². The molecule has 0 spiro atoms. The van der Waals surface area contributed by atoms with Crippen molar-refractivity contribution in [2.75, 3.05) is 5.32 Å². The van der Waals surface area contributed by atoms with Gasteiger partial charge in [-0.1, -0.05) is 42.5 Å². The van der Waals surface area contributed by atoms with Gasteiger partial charge >= 0.3 is 5.97 Å². The zero-order valence-corrected chi connectivity index (χ0v) is 14.5. The van der Waals surface area contributed by atoms with Crippen molar-refractivity contribution in [1.82, 2.24) is 0 Å². The molecule has 4 nitrogen and oxygen atoms in total. The minimum absolute atomic E-state index is 0.124. The van der Waals surface area contributed by atoms with Crippen LogP contribution in [0, 0.1) is 11.6 Å². The first-order valence-corrected chi connectivity index (χ1v) is 8.30.